The Kier molecular flexibility index (Phi) is 4.17. The first-order valence-corrected chi connectivity index (χ1v) is 12.7. The highest BCUT2D eigenvalue weighted by Crippen LogP contribution is 2.60. The summed E-state index contributed by atoms with van der Waals surface area (Å²) in [6.45, 7) is 17.0. The Balaban J connectivity index is 2.17. The number of halogens is 1. The maximum Gasteiger partial charge on any atom is 0.0732 e. The SMILES string of the molecule is C=C1C(c2ccc(Cl)cc2)=C([Si](C)(C)C)C[C@@]2(C)C[C@@H](C)C[C@H]12. The Morgan fingerprint density at radius 1 is 1.17 bits per heavy atom. The lowest BCUT2D eigenvalue weighted by molar-refractivity contribution is 0.256. The van der Waals surface area contributed by atoms with Gasteiger partial charge in [0.25, 0.3) is 0 Å². The molecule has 1 aromatic carbocycles. The molecule has 2 aliphatic rings. The van der Waals surface area contributed by atoms with Gasteiger partial charge in [-0.05, 0) is 65.4 Å². The van der Waals surface area contributed by atoms with Crippen LogP contribution in [0.2, 0.25) is 24.7 Å². The smallest absolute Gasteiger partial charge is 0.0732 e. The van der Waals surface area contributed by atoms with Crippen LogP contribution in [0.25, 0.3) is 5.57 Å². The van der Waals surface area contributed by atoms with Crippen LogP contribution in [0.5, 0.6) is 0 Å². The van der Waals surface area contributed by atoms with Crippen molar-refractivity contribution in [2.24, 2.45) is 17.3 Å². The van der Waals surface area contributed by atoms with E-state index in [-0.39, 0.29) is 0 Å². The fourth-order valence-electron chi connectivity index (χ4n) is 4.94. The Hall–Kier alpha value is -0.793. The summed E-state index contributed by atoms with van der Waals surface area (Å²) in [6.07, 6.45) is 3.90. The van der Waals surface area contributed by atoms with E-state index in [2.05, 4.69) is 52.2 Å². The first kappa shape index (κ1) is 17.0. The molecule has 1 fully saturated rings. The lowest BCUT2D eigenvalue weighted by atomic mass is 9.67. The minimum absolute atomic E-state index is 0.419. The predicted octanol–water partition coefficient (Wildman–Crippen LogP) is 6.98. The van der Waals surface area contributed by atoms with Crippen molar-refractivity contribution < 1.29 is 0 Å². The van der Waals surface area contributed by atoms with Gasteiger partial charge >= 0.3 is 0 Å². The van der Waals surface area contributed by atoms with Crippen LogP contribution >= 0.6 is 11.6 Å². The van der Waals surface area contributed by atoms with Gasteiger partial charge in [0.05, 0.1) is 8.07 Å². The molecule has 3 rings (SSSR count). The molecule has 0 nitrogen and oxygen atoms in total. The second kappa shape index (κ2) is 5.63. The second-order valence-corrected chi connectivity index (χ2v) is 14.6. The zero-order valence-corrected chi connectivity index (χ0v) is 16.9. The molecule has 23 heavy (non-hydrogen) atoms. The third-order valence-corrected chi connectivity index (χ3v) is 8.45. The molecule has 1 saturated carbocycles. The number of allylic oxidation sites excluding steroid dienone is 3. The molecule has 0 aliphatic heterocycles. The molecule has 0 unspecified atom stereocenters. The molecule has 0 amide bonds. The molecule has 1 aromatic rings. The van der Waals surface area contributed by atoms with E-state index in [4.69, 9.17) is 11.6 Å². The monoisotopic (exact) mass is 344 g/mol. The largest absolute Gasteiger partial charge is 0.0949 e. The summed E-state index contributed by atoms with van der Waals surface area (Å²) in [6, 6.07) is 8.40. The molecule has 0 heterocycles. The van der Waals surface area contributed by atoms with Crippen LogP contribution in [0.3, 0.4) is 0 Å². The van der Waals surface area contributed by atoms with Crippen molar-refractivity contribution in [3.63, 3.8) is 0 Å². The molecule has 3 atom stereocenters. The van der Waals surface area contributed by atoms with Gasteiger partial charge in [-0.2, -0.15) is 0 Å². The second-order valence-electron chi connectivity index (χ2n) is 9.06. The van der Waals surface area contributed by atoms with Gasteiger partial charge < -0.3 is 0 Å². The summed E-state index contributed by atoms with van der Waals surface area (Å²) in [5.74, 6) is 1.46. The standard InChI is InChI=1S/C21H29ClSi/c1-14-11-18-15(2)20(16-7-9-17(22)10-8-16)19(23(4,5)6)13-21(18,3)12-14/h7-10,14,18H,2,11-13H2,1,3-6H3/t14-,18+,21+/m0/s1. The van der Waals surface area contributed by atoms with Crippen LogP contribution in [-0.2, 0) is 0 Å². The summed E-state index contributed by atoms with van der Waals surface area (Å²) < 4.78 is 0. The third-order valence-electron chi connectivity index (χ3n) is 5.96. The summed E-state index contributed by atoms with van der Waals surface area (Å²) in [5, 5.41) is 2.52. The zero-order chi connectivity index (χ0) is 17.0. The molecule has 0 saturated heterocycles. The van der Waals surface area contributed by atoms with Gasteiger partial charge in [0.2, 0.25) is 0 Å². The summed E-state index contributed by atoms with van der Waals surface area (Å²) in [5.41, 5.74) is 4.60. The minimum atomic E-state index is -1.40. The summed E-state index contributed by atoms with van der Waals surface area (Å²) in [7, 11) is -1.40. The Labute approximate surface area is 147 Å². The highest BCUT2D eigenvalue weighted by Gasteiger charge is 2.49. The average Bonchev–Trinajstić information content (AvgIpc) is 2.74. The van der Waals surface area contributed by atoms with E-state index in [9.17, 15) is 0 Å². The number of benzene rings is 1. The maximum absolute atomic E-state index is 6.11. The van der Waals surface area contributed by atoms with E-state index in [1.165, 1.54) is 36.0 Å². The van der Waals surface area contributed by atoms with Crippen LogP contribution in [0, 0.1) is 17.3 Å². The molecular formula is C21H29ClSi. The number of rotatable bonds is 2. The molecule has 2 aliphatic carbocycles. The normalized spacial score (nSPS) is 31.5. The van der Waals surface area contributed by atoms with Crippen LogP contribution in [0.15, 0.2) is 41.6 Å². The molecule has 2 heteroatoms. The summed E-state index contributed by atoms with van der Waals surface area (Å²) >= 11 is 6.11. The van der Waals surface area contributed by atoms with Crippen molar-refractivity contribution in [2.45, 2.75) is 52.8 Å². The first-order chi connectivity index (χ1) is 10.6. The van der Waals surface area contributed by atoms with E-state index < -0.39 is 8.07 Å². The van der Waals surface area contributed by atoms with Gasteiger partial charge in [0.15, 0.2) is 0 Å². The fraction of sp³-hybridized carbons (Fsp3) is 0.524. The van der Waals surface area contributed by atoms with Crippen molar-refractivity contribution in [1.82, 2.24) is 0 Å². The van der Waals surface area contributed by atoms with E-state index in [1.54, 1.807) is 5.20 Å². The molecule has 0 spiro atoms. The molecular weight excluding hydrogens is 316 g/mol. The summed E-state index contributed by atoms with van der Waals surface area (Å²) in [4.78, 5) is 0. The van der Waals surface area contributed by atoms with Gasteiger partial charge in [0.1, 0.15) is 0 Å². The van der Waals surface area contributed by atoms with Crippen LogP contribution in [-0.4, -0.2) is 8.07 Å². The van der Waals surface area contributed by atoms with Crippen molar-refractivity contribution in [3.05, 3.63) is 52.2 Å². The van der Waals surface area contributed by atoms with E-state index in [1.807, 2.05) is 12.1 Å². The molecule has 0 bridgehead atoms. The quantitative estimate of drug-likeness (QED) is 0.507. The molecule has 0 radical (unpaired) electrons. The molecule has 0 aromatic heterocycles. The van der Waals surface area contributed by atoms with Gasteiger partial charge in [-0.1, -0.05) is 69.0 Å². The topological polar surface area (TPSA) is 0 Å². The van der Waals surface area contributed by atoms with Gasteiger partial charge in [-0.25, -0.2) is 0 Å². The predicted molar refractivity (Wildman–Crippen MR) is 105 cm³/mol. The zero-order valence-electron chi connectivity index (χ0n) is 15.2. The van der Waals surface area contributed by atoms with Crippen molar-refractivity contribution in [3.8, 4) is 0 Å². The van der Waals surface area contributed by atoms with Crippen LogP contribution in [0.4, 0.5) is 0 Å². The van der Waals surface area contributed by atoms with E-state index >= 15 is 0 Å². The van der Waals surface area contributed by atoms with Crippen LogP contribution < -0.4 is 0 Å². The lowest BCUT2D eigenvalue weighted by Crippen LogP contribution is -2.37. The number of fused-ring (bicyclic) bond motifs is 1. The van der Waals surface area contributed by atoms with Gasteiger partial charge in [-0.3, -0.25) is 0 Å². The Morgan fingerprint density at radius 2 is 1.78 bits per heavy atom. The van der Waals surface area contributed by atoms with E-state index in [0.29, 0.717) is 11.3 Å². The third kappa shape index (κ3) is 2.98. The highest BCUT2D eigenvalue weighted by atomic mass is 35.5. The van der Waals surface area contributed by atoms with Crippen molar-refractivity contribution >= 4 is 25.2 Å². The van der Waals surface area contributed by atoms with Gasteiger partial charge in [-0.15, -0.1) is 0 Å². The lowest BCUT2D eigenvalue weighted by Gasteiger charge is -2.44. The van der Waals surface area contributed by atoms with Crippen molar-refractivity contribution in [2.75, 3.05) is 0 Å². The Bertz CT molecular complexity index is 662. The first-order valence-electron chi connectivity index (χ1n) is 8.80. The number of hydrogen-bond acceptors (Lipinski definition) is 0. The molecule has 0 N–H and O–H groups in total. The van der Waals surface area contributed by atoms with Crippen molar-refractivity contribution in [1.29, 1.82) is 0 Å². The highest BCUT2D eigenvalue weighted by molar-refractivity contribution is 6.84. The Morgan fingerprint density at radius 3 is 2.35 bits per heavy atom. The number of hydrogen-bond donors (Lipinski definition) is 0. The average molecular weight is 345 g/mol. The minimum Gasteiger partial charge on any atom is -0.0949 e. The fourth-order valence-corrected chi connectivity index (χ4v) is 7.06. The van der Waals surface area contributed by atoms with Crippen LogP contribution in [0.1, 0.15) is 38.7 Å². The molecule has 124 valence electrons. The van der Waals surface area contributed by atoms with Gasteiger partial charge in [0, 0.05) is 5.02 Å². The van der Waals surface area contributed by atoms with E-state index in [0.717, 1.165) is 10.9 Å². The maximum atomic E-state index is 6.11.